The lowest BCUT2D eigenvalue weighted by atomic mass is 10.0. The summed E-state index contributed by atoms with van der Waals surface area (Å²) in [4.78, 5) is 8.50. The summed E-state index contributed by atoms with van der Waals surface area (Å²) in [5, 5.41) is 14.0. The Morgan fingerprint density at radius 1 is 1.31 bits per heavy atom. The van der Waals surface area contributed by atoms with Crippen LogP contribution in [0.25, 0.3) is 5.52 Å². The summed E-state index contributed by atoms with van der Waals surface area (Å²) in [5.41, 5.74) is 3.19. The number of aromatic nitrogens is 3. The Balaban J connectivity index is 1.61. The summed E-state index contributed by atoms with van der Waals surface area (Å²) in [6, 6.07) is 0. The number of aliphatic imine (C=N–C) groups is 1. The van der Waals surface area contributed by atoms with Gasteiger partial charge >= 0.3 is 0 Å². The maximum Gasteiger partial charge on any atom is 0.247 e. The smallest absolute Gasteiger partial charge is 0.247 e. The van der Waals surface area contributed by atoms with Crippen molar-refractivity contribution < 1.29 is 23.7 Å². The van der Waals surface area contributed by atoms with Gasteiger partial charge in [-0.15, -0.1) is 0 Å². The Morgan fingerprint density at radius 2 is 2.14 bits per heavy atom. The van der Waals surface area contributed by atoms with Gasteiger partial charge in [0.2, 0.25) is 5.88 Å². The molecule has 0 bridgehead atoms. The Labute approximate surface area is 166 Å². The van der Waals surface area contributed by atoms with Gasteiger partial charge in [0.05, 0.1) is 18.5 Å². The van der Waals surface area contributed by atoms with Crippen LogP contribution in [0.2, 0.25) is 0 Å². The van der Waals surface area contributed by atoms with Crippen molar-refractivity contribution in [3.05, 3.63) is 53.1 Å². The molecule has 0 aromatic carbocycles. The van der Waals surface area contributed by atoms with Gasteiger partial charge in [0.1, 0.15) is 30.3 Å². The third kappa shape index (κ3) is 3.66. The van der Waals surface area contributed by atoms with Gasteiger partial charge in [-0.3, -0.25) is 4.99 Å². The lowest BCUT2D eigenvalue weighted by Crippen LogP contribution is -2.22. The molecule has 1 aliphatic heterocycles. The Kier molecular flexibility index (Phi) is 5.16. The summed E-state index contributed by atoms with van der Waals surface area (Å²) in [5.74, 6) is 0.368. The fourth-order valence-electron chi connectivity index (χ4n) is 3.30. The maximum absolute atomic E-state index is 14.9. The van der Waals surface area contributed by atoms with Crippen molar-refractivity contribution in [2.45, 2.75) is 26.4 Å². The standard InChI is InChI=1S/C20H21FN4O4/c1-11-6-14-15(24-11)4-5-16(18(14)21)29-20-19-12(2)17(7-25(19)23-10-22-20)28-9-13(26)8-27-3/h5-7,10,13,26H,4,8-9H2,1-3H3/t13-/m0/s1. The van der Waals surface area contributed by atoms with Crippen LogP contribution in [0.15, 0.2) is 52.5 Å². The van der Waals surface area contributed by atoms with Crippen molar-refractivity contribution in [1.82, 2.24) is 14.6 Å². The zero-order valence-electron chi connectivity index (χ0n) is 16.3. The van der Waals surface area contributed by atoms with Gasteiger partial charge in [-0.25, -0.2) is 8.91 Å². The van der Waals surface area contributed by atoms with Gasteiger partial charge in [-0.1, -0.05) is 0 Å². The second-order valence-corrected chi connectivity index (χ2v) is 6.84. The second kappa shape index (κ2) is 7.76. The van der Waals surface area contributed by atoms with E-state index in [1.165, 1.54) is 13.4 Å². The summed E-state index contributed by atoms with van der Waals surface area (Å²) in [6.07, 6.45) is 6.08. The molecule has 29 heavy (non-hydrogen) atoms. The van der Waals surface area contributed by atoms with E-state index in [0.29, 0.717) is 34.5 Å². The molecular formula is C20H21FN4O4. The highest BCUT2D eigenvalue weighted by Crippen LogP contribution is 2.35. The molecule has 1 N–H and O–H groups in total. The van der Waals surface area contributed by atoms with E-state index in [4.69, 9.17) is 14.2 Å². The number of allylic oxidation sites excluding steroid dienone is 5. The predicted octanol–water partition coefficient (Wildman–Crippen LogP) is 2.67. The van der Waals surface area contributed by atoms with E-state index in [1.807, 2.05) is 13.8 Å². The number of hydrogen-bond donors (Lipinski definition) is 1. The average molecular weight is 400 g/mol. The first kappa shape index (κ1) is 19.3. The lowest BCUT2D eigenvalue weighted by Gasteiger charge is -2.15. The minimum absolute atomic E-state index is 0.0643. The summed E-state index contributed by atoms with van der Waals surface area (Å²) >= 11 is 0. The molecule has 1 atom stereocenters. The lowest BCUT2D eigenvalue weighted by molar-refractivity contribution is 0.0324. The van der Waals surface area contributed by atoms with Crippen LogP contribution in [-0.2, 0) is 4.74 Å². The van der Waals surface area contributed by atoms with Gasteiger partial charge in [0, 0.05) is 30.4 Å². The predicted molar refractivity (Wildman–Crippen MR) is 104 cm³/mol. The maximum atomic E-state index is 14.9. The minimum atomic E-state index is -0.754. The van der Waals surface area contributed by atoms with E-state index in [2.05, 4.69) is 15.1 Å². The van der Waals surface area contributed by atoms with Crippen LogP contribution >= 0.6 is 0 Å². The number of nitrogens with zero attached hydrogens (tertiary/aromatic N) is 4. The Hall–Kier alpha value is -3.04. The van der Waals surface area contributed by atoms with E-state index in [1.54, 1.807) is 22.9 Å². The minimum Gasteiger partial charge on any atom is -0.489 e. The van der Waals surface area contributed by atoms with Crippen molar-refractivity contribution in [2.75, 3.05) is 20.3 Å². The quantitative estimate of drug-likeness (QED) is 0.769. The Bertz CT molecular complexity index is 1080. The highest BCUT2D eigenvalue weighted by atomic mass is 19.1. The molecule has 0 radical (unpaired) electrons. The molecule has 0 saturated heterocycles. The van der Waals surface area contributed by atoms with Crippen LogP contribution < -0.4 is 9.47 Å². The topological polar surface area (TPSA) is 90.5 Å². The molecule has 2 aromatic rings. The van der Waals surface area contributed by atoms with E-state index >= 15 is 0 Å². The van der Waals surface area contributed by atoms with Gasteiger partial charge in [0.25, 0.3) is 0 Å². The van der Waals surface area contributed by atoms with Gasteiger partial charge in [-0.2, -0.15) is 10.1 Å². The second-order valence-electron chi connectivity index (χ2n) is 6.84. The molecule has 0 spiro atoms. The van der Waals surface area contributed by atoms with Crippen molar-refractivity contribution in [3.63, 3.8) is 0 Å². The van der Waals surface area contributed by atoms with Gasteiger partial charge in [0.15, 0.2) is 11.6 Å². The van der Waals surface area contributed by atoms with Crippen molar-refractivity contribution >= 4 is 11.2 Å². The van der Waals surface area contributed by atoms with Crippen molar-refractivity contribution in [3.8, 4) is 11.6 Å². The molecule has 0 fully saturated rings. The van der Waals surface area contributed by atoms with Crippen LogP contribution in [0.1, 0.15) is 18.9 Å². The normalized spacial score (nSPS) is 17.1. The monoisotopic (exact) mass is 400 g/mol. The number of halogens is 1. The molecule has 2 aliphatic rings. The SMILES string of the molecule is COC[C@H](O)COc1cn2ncnc(OC3=CCC4=NC(C)=CC4=C3F)c2c1C. The van der Waals surface area contributed by atoms with Crippen LogP contribution in [0.4, 0.5) is 4.39 Å². The number of aliphatic hydroxyl groups is 1. The molecule has 152 valence electrons. The fourth-order valence-corrected chi connectivity index (χ4v) is 3.30. The van der Waals surface area contributed by atoms with Crippen LogP contribution in [0.3, 0.4) is 0 Å². The highest BCUT2D eigenvalue weighted by molar-refractivity contribution is 6.08. The average Bonchev–Trinajstić information content (AvgIpc) is 3.23. The van der Waals surface area contributed by atoms with E-state index in [0.717, 1.165) is 5.70 Å². The number of rotatable bonds is 7. The molecule has 0 amide bonds. The van der Waals surface area contributed by atoms with Crippen LogP contribution in [-0.4, -0.2) is 51.8 Å². The molecule has 0 unspecified atom stereocenters. The first-order chi connectivity index (χ1) is 14.0. The first-order valence-electron chi connectivity index (χ1n) is 9.15. The van der Waals surface area contributed by atoms with E-state index in [-0.39, 0.29) is 24.9 Å². The number of fused-ring (bicyclic) bond motifs is 2. The first-order valence-corrected chi connectivity index (χ1v) is 9.15. The number of methoxy groups -OCH3 is 1. The molecule has 0 saturated carbocycles. The van der Waals surface area contributed by atoms with Crippen molar-refractivity contribution in [2.24, 2.45) is 4.99 Å². The van der Waals surface area contributed by atoms with E-state index < -0.39 is 11.9 Å². The molecule has 3 heterocycles. The van der Waals surface area contributed by atoms with Crippen LogP contribution in [0.5, 0.6) is 11.6 Å². The largest absolute Gasteiger partial charge is 0.489 e. The zero-order valence-corrected chi connectivity index (χ0v) is 16.3. The molecular weight excluding hydrogens is 379 g/mol. The van der Waals surface area contributed by atoms with Gasteiger partial charge < -0.3 is 19.3 Å². The Morgan fingerprint density at radius 3 is 2.93 bits per heavy atom. The molecule has 4 rings (SSSR count). The van der Waals surface area contributed by atoms with Gasteiger partial charge in [-0.05, 0) is 26.0 Å². The molecule has 8 nitrogen and oxygen atoms in total. The number of aliphatic hydroxyl groups excluding tert-OH is 1. The summed E-state index contributed by atoms with van der Waals surface area (Å²) in [7, 11) is 1.51. The van der Waals surface area contributed by atoms with Crippen molar-refractivity contribution in [1.29, 1.82) is 0 Å². The van der Waals surface area contributed by atoms with E-state index in [9.17, 15) is 9.50 Å². The fraction of sp³-hybridized carbons (Fsp3) is 0.350. The zero-order chi connectivity index (χ0) is 20.5. The van der Waals surface area contributed by atoms with Crippen LogP contribution in [0, 0.1) is 6.92 Å². The molecule has 9 heteroatoms. The molecule has 1 aliphatic carbocycles. The summed E-state index contributed by atoms with van der Waals surface area (Å²) in [6.45, 7) is 3.88. The number of aryl methyl sites for hydroxylation is 1. The highest BCUT2D eigenvalue weighted by Gasteiger charge is 2.26. The number of ether oxygens (including phenoxy) is 3. The third-order valence-corrected chi connectivity index (χ3v) is 4.65. The third-order valence-electron chi connectivity index (χ3n) is 4.65. The molecule has 2 aromatic heterocycles. The number of hydrogen-bond acceptors (Lipinski definition) is 7. The summed E-state index contributed by atoms with van der Waals surface area (Å²) < 4.78 is 32.8.